The van der Waals surface area contributed by atoms with Gasteiger partial charge in [0, 0.05) is 12.8 Å². The molecule has 192 valence electrons. The number of carbonyl (C=O) groups excluding carboxylic acids is 1. The van der Waals surface area contributed by atoms with Gasteiger partial charge < -0.3 is 14.2 Å². The number of methoxy groups -OCH3 is 1. The summed E-state index contributed by atoms with van der Waals surface area (Å²) in [6, 6.07) is 23.3. The van der Waals surface area contributed by atoms with E-state index >= 15 is 0 Å². The molecule has 0 N–H and O–H groups in total. The lowest BCUT2D eigenvalue weighted by atomic mass is 9.91. The third kappa shape index (κ3) is 8.15. The van der Waals surface area contributed by atoms with Crippen LogP contribution in [-0.2, 0) is 28.8 Å². The molecule has 4 heteroatoms. The van der Waals surface area contributed by atoms with E-state index < -0.39 is 0 Å². The van der Waals surface area contributed by atoms with Gasteiger partial charge in [-0.1, -0.05) is 62.4 Å². The van der Waals surface area contributed by atoms with E-state index in [1.165, 1.54) is 23.8 Å². The van der Waals surface area contributed by atoms with Crippen molar-refractivity contribution in [1.82, 2.24) is 0 Å². The predicted octanol–water partition coefficient (Wildman–Crippen LogP) is 7.25. The number of benzene rings is 3. The Morgan fingerprint density at radius 3 is 2.42 bits per heavy atom. The van der Waals surface area contributed by atoms with Gasteiger partial charge >= 0.3 is 5.97 Å². The van der Waals surface area contributed by atoms with Crippen molar-refractivity contribution in [2.24, 2.45) is 0 Å². The van der Waals surface area contributed by atoms with E-state index in [4.69, 9.17) is 14.2 Å². The van der Waals surface area contributed by atoms with E-state index in [0.29, 0.717) is 25.4 Å². The quantitative estimate of drug-likeness (QED) is 0.238. The van der Waals surface area contributed by atoms with Crippen LogP contribution in [0.15, 0.2) is 66.7 Å². The van der Waals surface area contributed by atoms with E-state index in [9.17, 15) is 4.79 Å². The highest BCUT2D eigenvalue weighted by Gasteiger charge is 2.16. The van der Waals surface area contributed by atoms with Gasteiger partial charge in [0.1, 0.15) is 11.5 Å². The van der Waals surface area contributed by atoms with Crippen LogP contribution in [-0.4, -0.2) is 25.8 Å². The molecule has 0 bridgehead atoms. The number of rotatable bonds is 13. The molecule has 0 saturated carbocycles. The molecule has 1 unspecified atom stereocenters. The maximum Gasteiger partial charge on any atom is 0.305 e. The molecule has 0 amide bonds. The summed E-state index contributed by atoms with van der Waals surface area (Å²) < 4.78 is 17.2. The zero-order chi connectivity index (χ0) is 25.9. The third-order valence-electron chi connectivity index (χ3n) is 6.66. The molecule has 0 aliphatic rings. The summed E-state index contributed by atoms with van der Waals surface area (Å²) in [6.07, 6.45) is 3.86. The number of hydrogen-bond donors (Lipinski definition) is 0. The van der Waals surface area contributed by atoms with E-state index in [0.717, 1.165) is 41.9 Å². The Morgan fingerprint density at radius 2 is 1.72 bits per heavy atom. The Bertz CT molecular complexity index is 1110. The predicted molar refractivity (Wildman–Crippen MR) is 146 cm³/mol. The number of hydrogen-bond acceptors (Lipinski definition) is 4. The lowest BCUT2D eigenvalue weighted by molar-refractivity contribution is -0.140. The zero-order valence-corrected chi connectivity index (χ0v) is 22.4. The van der Waals surface area contributed by atoms with E-state index in [1.54, 1.807) is 0 Å². The molecule has 0 fully saturated rings. The molecular weight excluding hydrogens is 448 g/mol. The van der Waals surface area contributed by atoms with Crippen LogP contribution in [0, 0.1) is 6.92 Å². The van der Waals surface area contributed by atoms with Gasteiger partial charge in [-0.25, -0.2) is 0 Å². The highest BCUT2D eigenvalue weighted by atomic mass is 16.5. The summed E-state index contributed by atoms with van der Waals surface area (Å²) in [5, 5.41) is 0. The number of ether oxygens (including phenoxy) is 3. The van der Waals surface area contributed by atoms with Crippen LogP contribution in [0.25, 0.3) is 0 Å². The summed E-state index contributed by atoms with van der Waals surface area (Å²) >= 11 is 0. The first kappa shape index (κ1) is 27.3. The summed E-state index contributed by atoms with van der Waals surface area (Å²) in [5.41, 5.74) is 6.19. The fourth-order valence-corrected chi connectivity index (χ4v) is 4.38. The van der Waals surface area contributed by atoms with Crippen molar-refractivity contribution in [3.05, 3.63) is 94.5 Å². The molecular formula is C32H40O4. The van der Waals surface area contributed by atoms with Gasteiger partial charge in [-0.05, 0) is 85.0 Å². The fraction of sp³-hybridized carbons (Fsp3) is 0.406. The van der Waals surface area contributed by atoms with Crippen LogP contribution >= 0.6 is 0 Å². The molecule has 36 heavy (non-hydrogen) atoms. The largest absolute Gasteiger partial charge is 0.493 e. The van der Waals surface area contributed by atoms with E-state index in [2.05, 4.69) is 69.3 Å². The first-order valence-corrected chi connectivity index (χ1v) is 13.0. The molecule has 0 radical (unpaired) electrons. The van der Waals surface area contributed by atoms with E-state index in [-0.39, 0.29) is 12.1 Å². The van der Waals surface area contributed by atoms with Gasteiger partial charge in [0.2, 0.25) is 0 Å². The normalized spacial score (nSPS) is 12.6. The standard InChI is InChI=1S/C32H40O4/c1-6-26-12-16-31(30(22-26)24(3)20-27-10-8-7-9-11-27)36-25(4)18-19-35-29-15-13-28(23(2)21-29)14-17-32(33)34-5/h7-13,15-16,21-22,24-25H,6,14,17-20H2,1-5H3/t24?,25-/m1/s1. The SMILES string of the molecule is CCc1ccc(O[C@H](C)CCOc2ccc(CCC(=O)OC)c(C)c2)c(C(C)Cc2ccccc2)c1. The summed E-state index contributed by atoms with van der Waals surface area (Å²) in [7, 11) is 1.42. The zero-order valence-electron chi connectivity index (χ0n) is 22.4. The minimum atomic E-state index is -0.189. The number of carbonyl (C=O) groups is 1. The Balaban J connectivity index is 1.56. The second-order valence-electron chi connectivity index (χ2n) is 9.55. The van der Waals surface area contributed by atoms with Crippen molar-refractivity contribution in [2.75, 3.05) is 13.7 Å². The van der Waals surface area contributed by atoms with Crippen LogP contribution < -0.4 is 9.47 Å². The second kappa shape index (κ2) is 13.7. The van der Waals surface area contributed by atoms with Crippen LogP contribution in [0.1, 0.15) is 67.3 Å². The summed E-state index contributed by atoms with van der Waals surface area (Å²) in [5.74, 6) is 1.98. The molecule has 0 heterocycles. The molecule has 4 nitrogen and oxygen atoms in total. The van der Waals surface area contributed by atoms with Gasteiger partial charge in [0.25, 0.3) is 0 Å². The maximum atomic E-state index is 11.4. The Kier molecular flexibility index (Phi) is 10.4. The van der Waals surface area contributed by atoms with Gasteiger partial charge in [-0.2, -0.15) is 0 Å². The topological polar surface area (TPSA) is 44.8 Å². The van der Waals surface area contributed by atoms with Crippen LogP contribution in [0.4, 0.5) is 0 Å². The molecule has 0 aromatic heterocycles. The molecule has 0 aliphatic heterocycles. The number of aryl methyl sites for hydroxylation is 3. The average molecular weight is 489 g/mol. The van der Waals surface area contributed by atoms with Crippen molar-refractivity contribution in [1.29, 1.82) is 0 Å². The van der Waals surface area contributed by atoms with Gasteiger partial charge in [-0.3, -0.25) is 4.79 Å². The Labute approximate surface area is 216 Å². The van der Waals surface area contributed by atoms with Gasteiger partial charge in [0.05, 0.1) is 19.8 Å². The minimum absolute atomic E-state index is 0.0283. The summed E-state index contributed by atoms with van der Waals surface area (Å²) in [4.78, 5) is 11.4. The van der Waals surface area contributed by atoms with Crippen molar-refractivity contribution in [3.8, 4) is 11.5 Å². The third-order valence-corrected chi connectivity index (χ3v) is 6.66. The van der Waals surface area contributed by atoms with Crippen molar-refractivity contribution < 1.29 is 19.0 Å². The molecule has 0 aliphatic carbocycles. The van der Waals surface area contributed by atoms with Gasteiger partial charge in [0.15, 0.2) is 0 Å². The maximum absolute atomic E-state index is 11.4. The first-order chi connectivity index (χ1) is 17.4. The molecule has 2 atom stereocenters. The summed E-state index contributed by atoms with van der Waals surface area (Å²) in [6.45, 7) is 9.19. The lowest BCUT2D eigenvalue weighted by Crippen LogP contribution is -2.17. The monoisotopic (exact) mass is 488 g/mol. The molecule has 0 spiro atoms. The molecule has 3 rings (SSSR count). The molecule has 3 aromatic rings. The van der Waals surface area contributed by atoms with Crippen molar-refractivity contribution >= 4 is 5.97 Å². The fourth-order valence-electron chi connectivity index (χ4n) is 4.38. The van der Waals surface area contributed by atoms with Crippen molar-refractivity contribution in [2.45, 2.75) is 71.8 Å². The number of esters is 1. The average Bonchev–Trinajstić information content (AvgIpc) is 2.88. The Hall–Kier alpha value is -3.27. The smallest absolute Gasteiger partial charge is 0.305 e. The highest BCUT2D eigenvalue weighted by Crippen LogP contribution is 2.31. The van der Waals surface area contributed by atoms with Crippen molar-refractivity contribution in [3.63, 3.8) is 0 Å². The second-order valence-corrected chi connectivity index (χ2v) is 9.55. The van der Waals surface area contributed by atoms with Crippen LogP contribution in [0.2, 0.25) is 0 Å². The lowest BCUT2D eigenvalue weighted by Gasteiger charge is -2.22. The van der Waals surface area contributed by atoms with Gasteiger partial charge in [-0.15, -0.1) is 0 Å². The highest BCUT2D eigenvalue weighted by molar-refractivity contribution is 5.69. The van der Waals surface area contributed by atoms with Crippen LogP contribution in [0.5, 0.6) is 11.5 Å². The van der Waals surface area contributed by atoms with Crippen LogP contribution in [0.3, 0.4) is 0 Å². The molecule has 3 aromatic carbocycles. The molecule has 0 saturated heterocycles. The minimum Gasteiger partial charge on any atom is -0.493 e. The first-order valence-electron chi connectivity index (χ1n) is 13.0. The Morgan fingerprint density at radius 1 is 0.944 bits per heavy atom. The van der Waals surface area contributed by atoms with E-state index in [1.807, 2.05) is 25.1 Å².